The number of fused-ring (bicyclic) bond motifs is 1. The minimum atomic E-state index is -0.783. The van der Waals surface area contributed by atoms with E-state index in [0.717, 1.165) is 30.9 Å². The lowest BCUT2D eigenvalue weighted by molar-refractivity contribution is -0.121. The van der Waals surface area contributed by atoms with Gasteiger partial charge in [-0.05, 0) is 57.1 Å². The molecule has 3 heterocycles. The highest BCUT2D eigenvalue weighted by Crippen LogP contribution is 2.33. The van der Waals surface area contributed by atoms with Gasteiger partial charge in [0.05, 0.1) is 29.4 Å². The van der Waals surface area contributed by atoms with Crippen LogP contribution in [-0.4, -0.2) is 66.3 Å². The van der Waals surface area contributed by atoms with E-state index in [0.29, 0.717) is 5.56 Å². The van der Waals surface area contributed by atoms with Gasteiger partial charge in [-0.2, -0.15) is 0 Å². The second-order valence-electron chi connectivity index (χ2n) is 10.6. The molecule has 9 heteroatoms. The molecule has 3 aliphatic heterocycles. The fourth-order valence-electron chi connectivity index (χ4n) is 5.60. The first-order valence-electron chi connectivity index (χ1n) is 12.3. The lowest BCUT2D eigenvalue weighted by atomic mass is 9.92. The molecule has 0 radical (unpaired) electrons. The predicted molar refractivity (Wildman–Crippen MR) is 134 cm³/mol. The van der Waals surface area contributed by atoms with Crippen molar-refractivity contribution in [3.05, 3.63) is 59.4 Å². The summed E-state index contributed by atoms with van der Waals surface area (Å²) in [5, 5.41) is 12.0. The van der Waals surface area contributed by atoms with Gasteiger partial charge in [0.15, 0.2) is 0 Å². The average Bonchev–Trinajstić information content (AvgIpc) is 3.21. The van der Waals surface area contributed by atoms with Crippen molar-refractivity contribution in [1.29, 1.82) is 0 Å². The van der Waals surface area contributed by atoms with Crippen LogP contribution in [0.1, 0.15) is 37.4 Å². The molecule has 3 saturated heterocycles. The Balaban J connectivity index is 1.33. The zero-order valence-corrected chi connectivity index (χ0v) is 20.8. The number of para-hydroxylation sites is 1. The molecule has 0 bridgehead atoms. The number of aryl methyl sites for hydroxylation is 1. The van der Waals surface area contributed by atoms with Crippen LogP contribution in [0.15, 0.2) is 42.5 Å². The molecule has 2 aromatic rings. The van der Waals surface area contributed by atoms with E-state index in [1.54, 1.807) is 6.07 Å². The number of likely N-dealkylation sites (N-methyl/N-ethyl adjacent to an activating group) is 1. The van der Waals surface area contributed by atoms with Gasteiger partial charge in [0.25, 0.3) is 0 Å². The van der Waals surface area contributed by atoms with E-state index in [9.17, 15) is 14.3 Å². The Bertz CT molecular complexity index is 1070. The topological polar surface area (TPSA) is 83.1 Å². The van der Waals surface area contributed by atoms with Crippen molar-refractivity contribution in [2.45, 2.75) is 57.0 Å². The summed E-state index contributed by atoms with van der Waals surface area (Å²) in [4.78, 5) is 17.4. The Morgan fingerprint density at radius 3 is 2.51 bits per heavy atom. The monoisotopic (exact) mass is 482 g/mol. The highest BCUT2D eigenvalue weighted by atomic mass is 19.1. The van der Waals surface area contributed by atoms with Gasteiger partial charge in [-0.1, -0.05) is 24.3 Å². The third-order valence-electron chi connectivity index (χ3n) is 7.63. The van der Waals surface area contributed by atoms with Crippen molar-refractivity contribution >= 4 is 17.3 Å². The first-order valence-corrected chi connectivity index (χ1v) is 12.3. The number of nitrogens with zero attached hydrogens (tertiary/aromatic N) is 3. The van der Waals surface area contributed by atoms with Crippen molar-refractivity contribution < 1.29 is 14.3 Å². The number of hydrogen-bond acceptors (Lipinski definition) is 7. The van der Waals surface area contributed by atoms with Crippen LogP contribution in [-0.2, 0) is 4.79 Å². The number of hydrazine groups is 2. The van der Waals surface area contributed by atoms with Gasteiger partial charge < -0.3 is 10.0 Å². The summed E-state index contributed by atoms with van der Waals surface area (Å²) in [5.74, 6) is -0.582. The number of carbonyl (C=O) groups excluding carboxylic acids is 1. The molecule has 3 aliphatic rings. The van der Waals surface area contributed by atoms with Crippen molar-refractivity contribution in [2.75, 3.05) is 36.6 Å². The number of piperazine rings is 1. The Labute approximate surface area is 206 Å². The lowest BCUT2D eigenvalue weighted by Gasteiger charge is -2.45. The molecule has 0 saturated carbocycles. The summed E-state index contributed by atoms with van der Waals surface area (Å²) in [5.41, 5.74) is 12.3. The number of anilines is 2. The van der Waals surface area contributed by atoms with Crippen LogP contribution in [0, 0.1) is 12.7 Å². The fraction of sp³-hybridized carbons (Fsp3) is 0.500. The SMILES string of the molecule is Cc1cccc(F)c1N1NC2C(CC1=O)NNC2c1ccc(N2CCN(C)C(C(C)(C)O)C2)cc1. The maximum absolute atomic E-state index is 14.6. The highest BCUT2D eigenvalue weighted by molar-refractivity contribution is 5.94. The van der Waals surface area contributed by atoms with Crippen molar-refractivity contribution in [3.63, 3.8) is 0 Å². The molecular weight excluding hydrogens is 447 g/mol. The predicted octanol–water partition coefficient (Wildman–Crippen LogP) is 1.85. The van der Waals surface area contributed by atoms with E-state index in [-0.39, 0.29) is 42.2 Å². The standard InChI is InChI=1S/C26H35FN6O2/c1-16-6-5-7-19(27)25(16)33-22(34)14-20-24(30-33)23(29-28-20)17-8-10-18(11-9-17)32-13-12-31(4)21(15-32)26(2,3)35/h5-11,20-21,23-24,28-30,35H,12-15H2,1-4H3. The molecule has 188 valence electrons. The summed E-state index contributed by atoms with van der Waals surface area (Å²) >= 11 is 0. The van der Waals surface area contributed by atoms with E-state index >= 15 is 0 Å². The molecule has 4 atom stereocenters. The van der Waals surface area contributed by atoms with Crippen LogP contribution >= 0.6 is 0 Å². The molecule has 5 rings (SSSR count). The number of benzene rings is 2. The molecule has 4 N–H and O–H groups in total. The number of amides is 1. The molecule has 0 spiro atoms. The van der Waals surface area contributed by atoms with Crippen LogP contribution in [0.4, 0.5) is 15.8 Å². The molecule has 1 amide bonds. The number of aliphatic hydroxyl groups is 1. The Hall–Kier alpha value is -2.56. The minimum absolute atomic E-state index is 0.0502. The lowest BCUT2D eigenvalue weighted by Crippen LogP contribution is -2.60. The summed E-state index contributed by atoms with van der Waals surface area (Å²) in [6.07, 6.45) is 0.270. The van der Waals surface area contributed by atoms with Gasteiger partial charge in [-0.15, -0.1) is 0 Å². The third-order valence-corrected chi connectivity index (χ3v) is 7.63. The number of rotatable bonds is 4. The van der Waals surface area contributed by atoms with E-state index in [1.807, 2.05) is 26.8 Å². The number of carbonyl (C=O) groups is 1. The quantitative estimate of drug-likeness (QED) is 0.530. The van der Waals surface area contributed by atoms with Crippen LogP contribution in [0.2, 0.25) is 0 Å². The van der Waals surface area contributed by atoms with E-state index < -0.39 is 11.4 Å². The summed E-state index contributed by atoms with van der Waals surface area (Å²) in [6.45, 7) is 8.08. The first-order chi connectivity index (χ1) is 16.6. The van der Waals surface area contributed by atoms with Crippen LogP contribution < -0.4 is 26.2 Å². The molecule has 4 unspecified atom stereocenters. The van der Waals surface area contributed by atoms with Crippen LogP contribution in [0.25, 0.3) is 0 Å². The molecule has 3 fully saturated rings. The second kappa shape index (κ2) is 9.15. The second-order valence-corrected chi connectivity index (χ2v) is 10.6. The molecule has 0 aliphatic carbocycles. The highest BCUT2D eigenvalue weighted by Gasteiger charge is 2.44. The number of nitrogens with one attached hydrogen (secondary N) is 3. The van der Waals surface area contributed by atoms with Crippen molar-refractivity contribution in [1.82, 2.24) is 21.2 Å². The largest absolute Gasteiger partial charge is 0.389 e. The third kappa shape index (κ3) is 4.54. The summed E-state index contributed by atoms with van der Waals surface area (Å²) in [7, 11) is 2.06. The van der Waals surface area contributed by atoms with Gasteiger partial charge in [-0.25, -0.2) is 20.3 Å². The number of hydrogen-bond donors (Lipinski definition) is 4. The minimum Gasteiger partial charge on any atom is -0.389 e. The van der Waals surface area contributed by atoms with Gasteiger partial charge in [0, 0.05) is 37.8 Å². The zero-order valence-electron chi connectivity index (χ0n) is 20.8. The van der Waals surface area contributed by atoms with Crippen molar-refractivity contribution in [2.24, 2.45) is 0 Å². The van der Waals surface area contributed by atoms with Gasteiger partial charge in [0.2, 0.25) is 5.91 Å². The Kier molecular flexibility index (Phi) is 6.31. The molecule has 2 aromatic carbocycles. The smallest absolute Gasteiger partial charge is 0.243 e. The zero-order chi connectivity index (χ0) is 24.9. The molecule has 0 aromatic heterocycles. The van der Waals surface area contributed by atoms with Crippen molar-refractivity contribution in [3.8, 4) is 0 Å². The summed E-state index contributed by atoms with van der Waals surface area (Å²) < 4.78 is 14.6. The molecule has 35 heavy (non-hydrogen) atoms. The first kappa shape index (κ1) is 24.1. The molecular formula is C26H35FN6O2. The Morgan fingerprint density at radius 1 is 1.09 bits per heavy atom. The normalized spacial score (nSPS) is 27.9. The van der Waals surface area contributed by atoms with E-state index in [4.69, 9.17) is 0 Å². The van der Waals surface area contributed by atoms with Crippen LogP contribution in [0.3, 0.4) is 0 Å². The van der Waals surface area contributed by atoms with E-state index in [1.165, 1.54) is 11.1 Å². The van der Waals surface area contributed by atoms with Crippen LogP contribution in [0.5, 0.6) is 0 Å². The van der Waals surface area contributed by atoms with Gasteiger partial charge >= 0.3 is 0 Å². The summed E-state index contributed by atoms with van der Waals surface area (Å²) in [6, 6.07) is 13.0. The van der Waals surface area contributed by atoms with Gasteiger partial charge in [-0.3, -0.25) is 15.1 Å². The Morgan fingerprint density at radius 2 is 1.83 bits per heavy atom. The van der Waals surface area contributed by atoms with E-state index in [2.05, 4.69) is 57.4 Å². The molecule has 8 nitrogen and oxygen atoms in total. The maximum atomic E-state index is 14.6. The maximum Gasteiger partial charge on any atom is 0.243 e. The average molecular weight is 483 g/mol. The fourth-order valence-corrected chi connectivity index (χ4v) is 5.60. The number of halogens is 1. The van der Waals surface area contributed by atoms with Gasteiger partial charge in [0.1, 0.15) is 5.82 Å².